The van der Waals surface area contributed by atoms with E-state index in [9.17, 15) is 12.8 Å². The van der Waals surface area contributed by atoms with Crippen LogP contribution in [0, 0.1) is 5.82 Å². The van der Waals surface area contributed by atoms with Gasteiger partial charge < -0.3 is 10.2 Å². The molecule has 1 fully saturated rings. The van der Waals surface area contributed by atoms with Crippen molar-refractivity contribution in [1.29, 1.82) is 0 Å². The molecule has 2 aliphatic heterocycles. The van der Waals surface area contributed by atoms with Gasteiger partial charge in [-0.15, -0.1) is 0 Å². The second-order valence-electron chi connectivity index (χ2n) is 6.31. The molecule has 0 aliphatic carbocycles. The highest BCUT2D eigenvalue weighted by Crippen LogP contribution is 2.36. The van der Waals surface area contributed by atoms with E-state index in [4.69, 9.17) is 0 Å². The summed E-state index contributed by atoms with van der Waals surface area (Å²) in [4.78, 5) is 2.03. The van der Waals surface area contributed by atoms with Crippen LogP contribution in [0.15, 0.2) is 47.4 Å². The first-order valence-electron chi connectivity index (χ1n) is 8.43. The molecular formula is C18H20FN3O2S. The molecule has 0 unspecified atom stereocenters. The van der Waals surface area contributed by atoms with Gasteiger partial charge in [-0.3, -0.25) is 4.31 Å². The van der Waals surface area contributed by atoms with Crippen molar-refractivity contribution in [3.63, 3.8) is 0 Å². The van der Waals surface area contributed by atoms with E-state index in [-0.39, 0.29) is 4.90 Å². The molecule has 0 saturated carbocycles. The molecular weight excluding hydrogens is 341 g/mol. The fraction of sp³-hybridized carbons (Fsp3) is 0.333. The number of rotatable bonds is 3. The molecule has 4 rings (SSSR count). The van der Waals surface area contributed by atoms with Gasteiger partial charge in [-0.2, -0.15) is 0 Å². The molecule has 0 amide bonds. The minimum Gasteiger partial charge on any atom is -0.369 e. The summed E-state index contributed by atoms with van der Waals surface area (Å²) in [6.07, 6.45) is 0.642. The Morgan fingerprint density at radius 2 is 1.76 bits per heavy atom. The predicted octanol–water partition coefficient (Wildman–Crippen LogP) is 1.99. The fourth-order valence-corrected chi connectivity index (χ4v) is 5.07. The highest BCUT2D eigenvalue weighted by Gasteiger charge is 2.33. The summed E-state index contributed by atoms with van der Waals surface area (Å²) in [5.74, 6) is -0.714. The van der Waals surface area contributed by atoms with E-state index in [1.165, 1.54) is 22.5 Å². The van der Waals surface area contributed by atoms with Gasteiger partial charge >= 0.3 is 0 Å². The van der Waals surface area contributed by atoms with Gasteiger partial charge in [-0.25, -0.2) is 12.8 Å². The van der Waals surface area contributed by atoms with Crippen LogP contribution < -0.4 is 14.5 Å². The van der Waals surface area contributed by atoms with Crippen molar-refractivity contribution >= 4 is 21.4 Å². The number of benzene rings is 2. The molecule has 2 heterocycles. The third-order valence-corrected chi connectivity index (χ3v) is 6.65. The number of nitrogens with one attached hydrogen (secondary N) is 1. The molecule has 0 spiro atoms. The van der Waals surface area contributed by atoms with Crippen molar-refractivity contribution in [3.8, 4) is 0 Å². The summed E-state index contributed by atoms with van der Waals surface area (Å²) in [6, 6.07) is 11.4. The smallest absolute Gasteiger partial charge is 0.267 e. The second-order valence-corrected chi connectivity index (χ2v) is 8.14. The molecule has 2 aliphatic rings. The minimum atomic E-state index is -3.89. The Labute approximate surface area is 147 Å². The van der Waals surface area contributed by atoms with Crippen molar-refractivity contribution < 1.29 is 12.8 Å². The zero-order valence-electron chi connectivity index (χ0n) is 13.8. The van der Waals surface area contributed by atoms with Gasteiger partial charge in [-0.05, 0) is 42.3 Å². The summed E-state index contributed by atoms with van der Waals surface area (Å²) < 4.78 is 41.1. The maximum Gasteiger partial charge on any atom is 0.267 e. The fourth-order valence-electron chi connectivity index (χ4n) is 3.50. The maximum absolute atomic E-state index is 14.0. The maximum atomic E-state index is 14.0. The Morgan fingerprint density at radius 1 is 1.00 bits per heavy atom. The Hall–Kier alpha value is -2.12. The lowest BCUT2D eigenvalue weighted by Gasteiger charge is -2.30. The molecule has 7 heteroatoms. The molecule has 132 valence electrons. The van der Waals surface area contributed by atoms with Crippen LogP contribution in [0.1, 0.15) is 5.56 Å². The van der Waals surface area contributed by atoms with Crippen molar-refractivity contribution in [2.75, 3.05) is 41.9 Å². The van der Waals surface area contributed by atoms with Crippen LogP contribution >= 0.6 is 0 Å². The van der Waals surface area contributed by atoms with Crippen LogP contribution in [0.2, 0.25) is 0 Å². The first-order valence-corrected chi connectivity index (χ1v) is 9.87. The number of anilines is 2. The third kappa shape index (κ3) is 2.87. The average Bonchev–Trinajstić information content (AvgIpc) is 3.06. The Kier molecular flexibility index (Phi) is 4.13. The predicted molar refractivity (Wildman–Crippen MR) is 96.2 cm³/mol. The molecule has 0 radical (unpaired) electrons. The van der Waals surface area contributed by atoms with Gasteiger partial charge in [-0.1, -0.05) is 12.1 Å². The topological polar surface area (TPSA) is 52.7 Å². The van der Waals surface area contributed by atoms with Gasteiger partial charge in [0.15, 0.2) is 0 Å². The van der Waals surface area contributed by atoms with Gasteiger partial charge in [0.05, 0.1) is 5.69 Å². The van der Waals surface area contributed by atoms with Crippen LogP contribution in [-0.2, 0) is 16.4 Å². The quantitative estimate of drug-likeness (QED) is 0.908. The minimum absolute atomic E-state index is 0.269. The van der Waals surface area contributed by atoms with E-state index in [1.54, 1.807) is 6.07 Å². The largest absolute Gasteiger partial charge is 0.369 e. The number of hydrogen-bond acceptors (Lipinski definition) is 4. The molecule has 2 aromatic rings. The lowest BCUT2D eigenvalue weighted by atomic mass is 10.1. The number of sulfonamides is 1. The molecule has 0 aromatic heterocycles. The number of hydrogen-bond donors (Lipinski definition) is 1. The summed E-state index contributed by atoms with van der Waals surface area (Å²) in [7, 11) is -3.89. The van der Waals surface area contributed by atoms with Gasteiger partial charge in [0.1, 0.15) is 10.7 Å². The highest BCUT2D eigenvalue weighted by molar-refractivity contribution is 7.92. The van der Waals surface area contributed by atoms with E-state index >= 15 is 0 Å². The van der Waals surface area contributed by atoms with E-state index in [0.29, 0.717) is 18.7 Å². The first kappa shape index (κ1) is 16.4. The monoisotopic (exact) mass is 361 g/mol. The zero-order chi connectivity index (χ0) is 17.4. The molecule has 0 bridgehead atoms. The molecule has 1 N–H and O–H groups in total. The van der Waals surface area contributed by atoms with Crippen LogP contribution in [0.5, 0.6) is 0 Å². The standard InChI is InChI=1S/C18H20FN3O2S/c19-16-3-1-2-4-18(16)25(23,24)22-10-7-14-13-15(5-6-17(14)22)21-11-8-20-9-12-21/h1-6,13,20H,7-12H2. The number of nitrogens with zero attached hydrogens (tertiary/aromatic N) is 2. The van der Waals surface area contributed by atoms with Crippen molar-refractivity contribution in [2.24, 2.45) is 0 Å². The third-order valence-electron chi connectivity index (χ3n) is 4.80. The SMILES string of the molecule is O=S(=O)(c1ccccc1F)N1CCc2cc(N3CCNCC3)ccc21. The zero-order valence-corrected chi connectivity index (χ0v) is 14.6. The van der Waals surface area contributed by atoms with E-state index in [2.05, 4.69) is 16.3 Å². The van der Waals surface area contributed by atoms with E-state index < -0.39 is 15.8 Å². The van der Waals surface area contributed by atoms with Crippen LogP contribution in [0.3, 0.4) is 0 Å². The molecule has 2 aromatic carbocycles. The van der Waals surface area contributed by atoms with Crippen molar-refractivity contribution in [1.82, 2.24) is 5.32 Å². The molecule has 1 saturated heterocycles. The Morgan fingerprint density at radius 3 is 2.52 bits per heavy atom. The normalized spacial score (nSPS) is 17.6. The highest BCUT2D eigenvalue weighted by atomic mass is 32.2. The number of fused-ring (bicyclic) bond motifs is 1. The van der Waals surface area contributed by atoms with Crippen molar-refractivity contribution in [3.05, 3.63) is 53.8 Å². The summed E-state index contributed by atoms with van der Waals surface area (Å²) in [5, 5.41) is 3.32. The second kappa shape index (κ2) is 6.31. The number of piperazine rings is 1. The van der Waals surface area contributed by atoms with Crippen LogP contribution in [-0.4, -0.2) is 41.1 Å². The lowest BCUT2D eigenvalue weighted by molar-refractivity contribution is 0.564. The van der Waals surface area contributed by atoms with Crippen molar-refractivity contribution in [2.45, 2.75) is 11.3 Å². The Bertz CT molecular complexity index is 895. The Balaban J connectivity index is 1.67. The van der Waals surface area contributed by atoms with Gasteiger partial charge in [0.2, 0.25) is 0 Å². The summed E-state index contributed by atoms with van der Waals surface area (Å²) in [5.41, 5.74) is 2.77. The first-order chi connectivity index (χ1) is 12.1. The number of halogens is 1. The summed E-state index contributed by atoms with van der Waals surface area (Å²) >= 11 is 0. The summed E-state index contributed by atoms with van der Waals surface area (Å²) in [6.45, 7) is 4.12. The molecule has 0 atom stereocenters. The lowest BCUT2D eigenvalue weighted by Crippen LogP contribution is -2.43. The van der Waals surface area contributed by atoms with Crippen LogP contribution in [0.4, 0.5) is 15.8 Å². The van der Waals surface area contributed by atoms with Gasteiger partial charge in [0, 0.05) is 38.4 Å². The van der Waals surface area contributed by atoms with Crippen LogP contribution in [0.25, 0.3) is 0 Å². The molecule has 5 nitrogen and oxygen atoms in total. The average molecular weight is 361 g/mol. The van der Waals surface area contributed by atoms with E-state index in [1.807, 2.05) is 12.1 Å². The van der Waals surface area contributed by atoms with Gasteiger partial charge in [0.25, 0.3) is 10.0 Å². The van der Waals surface area contributed by atoms with E-state index in [0.717, 1.165) is 37.4 Å². The molecule has 25 heavy (non-hydrogen) atoms.